The maximum absolute atomic E-state index is 6.37. The monoisotopic (exact) mass is 282 g/mol. The maximum atomic E-state index is 6.37. The second kappa shape index (κ2) is 5.94. The summed E-state index contributed by atoms with van der Waals surface area (Å²) in [6.45, 7) is 14.6. The summed E-state index contributed by atoms with van der Waals surface area (Å²) in [5.74, 6) is 1.48. The lowest BCUT2D eigenvalue weighted by Crippen LogP contribution is -2.51. The third-order valence-corrected chi connectivity index (χ3v) is 5.30. The summed E-state index contributed by atoms with van der Waals surface area (Å²) in [5, 5.41) is 3.68. The first-order chi connectivity index (χ1) is 9.26. The Labute approximate surface area is 125 Å². The minimum Gasteiger partial charge on any atom is -0.368 e. The summed E-state index contributed by atoms with van der Waals surface area (Å²) in [6, 6.07) is 0.436. The smallest absolute Gasteiger partial charge is 0.0790 e. The van der Waals surface area contributed by atoms with Crippen molar-refractivity contribution >= 4 is 0 Å². The fourth-order valence-corrected chi connectivity index (χ4v) is 4.16. The predicted molar refractivity (Wildman–Crippen MR) is 85.0 cm³/mol. The molecule has 2 rings (SSSR count). The van der Waals surface area contributed by atoms with E-state index in [1.54, 1.807) is 0 Å². The van der Waals surface area contributed by atoms with Crippen LogP contribution in [-0.4, -0.2) is 48.8 Å². The van der Waals surface area contributed by atoms with Gasteiger partial charge in [-0.25, -0.2) is 0 Å². The van der Waals surface area contributed by atoms with Gasteiger partial charge in [-0.1, -0.05) is 13.3 Å². The Kier molecular flexibility index (Phi) is 4.83. The Morgan fingerprint density at radius 1 is 1.10 bits per heavy atom. The molecule has 1 N–H and O–H groups in total. The van der Waals surface area contributed by atoms with E-state index in [2.05, 4.69) is 51.9 Å². The summed E-state index contributed by atoms with van der Waals surface area (Å²) in [7, 11) is 2.28. The van der Waals surface area contributed by atoms with Crippen molar-refractivity contribution in [3.63, 3.8) is 0 Å². The lowest BCUT2D eigenvalue weighted by molar-refractivity contribution is -0.0795. The van der Waals surface area contributed by atoms with Gasteiger partial charge in [0.05, 0.1) is 11.2 Å². The van der Waals surface area contributed by atoms with Crippen LogP contribution in [0.2, 0.25) is 0 Å². The van der Waals surface area contributed by atoms with E-state index in [-0.39, 0.29) is 11.2 Å². The zero-order chi connectivity index (χ0) is 15.0. The molecule has 2 unspecified atom stereocenters. The molecule has 0 amide bonds. The predicted octanol–water partition coefficient (Wildman–Crippen LogP) is 2.90. The fourth-order valence-electron chi connectivity index (χ4n) is 4.16. The van der Waals surface area contributed by atoms with E-state index in [9.17, 15) is 0 Å². The molecule has 2 aliphatic rings. The molecule has 20 heavy (non-hydrogen) atoms. The number of hydrogen-bond acceptors (Lipinski definition) is 3. The molecular formula is C17H34N2O. The number of nitrogens with zero attached hydrogens (tertiary/aromatic N) is 1. The van der Waals surface area contributed by atoms with E-state index in [1.807, 2.05) is 0 Å². The molecule has 118 valence electrons. The number of hydrogen-bond donors (Lipinski definition) is 1. The van der Waals surface area contributed by atoms with Crippen LogP contribution in [-0.2, 0) is 4.74 Å². The van der Waals surface area contributed by atoms with Gasteiger partial charge < -0.3 is 15.0 Å². The number of nitrogens with one attached hydrogen (secondary N) is 1. The van der Waals surface area contributed by atoms with Crippen LogP contribution < -0.4 is 5.32 Å². The first-order valence-corrected chi connectivity index (χ1v) is 8.38. The molecule has 0 aromatic heterocycles. The molecule has 1 aliphatic carbocycles. The zero-order valence-corrected chi connectivity index (χ0v) is 14.3. The molecule has 1 saturated heterocycles. The van der Waals surface area contributed by atoms with Crippen LogP contribution in [0.4, 0.5) is 0 Å². The zero-order valence-electron chi connectivity index (χ0n) is 14.3. The summed E-state index contributed by atoms with van der Waals surface area (Å²) >= 11 is 0. The molecule has 3 heteroatoms. The second-order valence-corrected chi connectivity index (χ2v) is 7.97. The standard InChI is InChI=1S/C17H34N2O/c1-7-18-15-14(16(2,3)20-17(15,4)5)12-19(6)11-13-9-8-10-13/h13-15,18H,7-12H2,1-6H3. The molecule has 2 atom stereocenters. The van der Waals surface area contributed by atoms with Crippen LogP contribution in [0.5, 0.6) is 0 Å². The van der Waals surface area contributed by atoms with E-state index in [0.29, 0.717) is 12.0 Å². The van der Waals surface area contributed by atoms with Gasteiger partial charge in [0.2, 0.25) is 0 Å². The maximum Gasteiger partial charge on any atom is 0.0790 e. The minimum absolute atomic E-state index is 0.0514. The average Bonchev–Trinajstić information content (AvgIpc) is 2.42. The Balaban J connectivity index is 2.01. The normalized spacial score (nSPS) is 32.5. The number of ether oxygens (including phenoxy) is 1. The summed E-state index contributed by atoms with van der Waals surface area (Å²) < 4.78 is 6.37. The third kappa shape index (κ3) is 3.37. The van der Waals surface area contributed by atoms with Crippen molar-refractivity contribution in [2.75, 3.05) is 26.7 Å². The van der Waals surface area contributed by atoms with Gasteiger partial charge >= 0.3 is 0 Å². The van der Waals surface area contributed by atoms with Gasteiger partial charge in [-0.2, -0.15) is 0 Å². The fraction of sp³-hybridized carbons (Fsp3) is 1.00. The highest BCUT2D eigenvalue weighted by molar-refractivity contribution is 5.06. The molecule has 0 aromatic carbocycles. The van der Waals surface area contributed by atoms with Gasteiger partial charge in [0, 0.05) is 25.0 Å². The SMILES string of the molecule is CCNC1C(CN(C)CC2CCC2)C(C)(C)OC1(C)C. The Morgan fingerprint density at radius 2 is 1.75 bits per heavy atom. The van der Waals surface area contributed by atoms with Crippen molar-refractivity contribution in [1.82, 2.24) is 10.2 Å². The van der Waals surface area contributed by atoms with Crippen molar-refractivity contribution in [2.45, 2.75) is 71.1 Å². The van der Waals surface area contributed by atoms with E-state index in [4.69, 9.17) is 4.74 Å². The van der Waals surface area contributed by atoms with Crippen LogP contribution in [0.25, 0.3) is 0 Å². The summed E-state index contributed by atoms with van der Waals surface area (Å²) in [4.78, 5) is 2.53. The van der Waals surface area contributed by atoms with Gasteiger partial charge in [-0.3, -0.25) is 0 Å². The molecular weight excluding hydrogens is 248 g/mol. The van der Waals surface area contributed by atoms with Crippen molar-refractivity contribution in [2.24, 2.45) is 11.8 Å². The highest BCUT2D eigenvalue weighted by atomic mass is 16.5. The quantitative estimate of drug-likeness (QED) is 0.811. The average molecular weight is 282 g/mol. The van der Waals surface area contributed by atoms with Gasteiger partial charge in [0.1, 0.15) is 0 Å². The summed E-state index contributed by atoms with van der Waals surface area (Å²) in [5.41, 5.74) is -0.133. The molecule has 3 nitrogen and oxygen atoms in total. The van der Waals surface area contributed by atoms with Crippen molar-refractivity contribution in [1.29, 1.82) is 0 Å². The number of rotatable bonds is 6. The number of likely N-dealkylation sites (N-methyl/N-ethyl adjacent to an activating group) is 1. The van der Waals surface area contributed by atoms with Gasteiger partial charge in [0.25, 0.3) is 0 Å². The Bertz CT molecular complexity index is 323. The lowest BCUT2D eigenvalue weighted by Gasteiger charge is -2.36. The third-order valence-electron chi connectivity index (χ3n) is 5.30. The molecule has 1 saturated carbocycles. The summed E-state index contributed by atoms with van der Waals surface area (Å²) in [6.07, 6.45) is 4.29. The highest BCUT2D eigenvalue weighted by Crippen LogP contribution is 2.42. The molecule has 1 heterocycles. The van der Waals surface area contributed by atoms with Gasteiger partial charge in [-0.05, 0) is 60.0 Å². The van der Waals surface area contributed by atoms with Crippen LogP contribution in [0.3, 0.4) is 0 Å². The molecule has 0 bridgehead atoms. The van der Waals surface area contributed by atoms with Gasteiger partial charge in [0.15, 0.2) is 0 Å². The Morgan fingerprint density at radius 3 is 2.25 bits per heavy atom. The Hall–Kier alpha value is -0.120. The van der Waals surface area contributed by atoms with E-state index in [1.165, 1.54) is 25.8 Å². The van der Waals surface area contributed by atoms with E-state index in [0.717, 1.165) is 19.0 Å². The van der Waals surface area contributed by atoms with Crippen LogP contribution in [0.1, 0.15) is 53.9 Å². The largest absolute Gasteiger partial charge is 0.368 e. The van der Waals surface area contributed by atoms with Gasteiger partial charge in [-0.15, -0.1) is 0 Å². The first-order valence-electron chi connectivity index (χ1n) is 8.38. The van der Waals surface area contributed by atoms with Crippen LogP contribution >= 0.6 is 0 Å². The van der Waals surface area contributed by atoms with E-state index < -0.39 is 0 Å². The van der Waals surface area contributed by atoms with E-state index >= 15 is 0 Å². The molecule has 0 spiro atoms. The second-order valence-electron chi connectivity index (χ2n) is 7.97. The lowest BCUT2D eigenvalue weighted by atomic mass is 9.81. The van der Waals surface area contributed by atoms with Crippen LogP contribution in [0.15, 0.2) is 0 Å². The van der Waals surface area contributed by atoms with Crippen molar-refractivity contribution < 1.29 is 4.74 Å². The molecule has 0 radical (unpaired) electrons. The molecule has 1 aliphatic heterocycles. The highest BCUT2D eigenvalue weighted by Gasteiger charge is 2.53. The van der Waals surface area contributed by atoms with Crippen molar-refractivity contribution in [3.05, 3.63) is 0 Å². The molecule has 2 fully saturated rings. The molecule has 0 aromatic rings. The topological polar surface area (TPSA) is 24.5 Å². The first kappa shape index (κ1) is 16.3. The van der Waals surface area contributed by atoms with Crippen molar-refractivity contribution in [3.8, 4) is 0 Å². The van der Waals surface area contributed by atoms with Crippen LogP contribution in [0, 0.1) is 11.8 Å². The minimum atomic E-state index is -0.0819.